The van der Waals surface area contributed by atoms with Crippen LogP contribution in [0.15, 0.2) is 59.6 Å². The van der Waals surface area contributed by atoms with Gasteiger partial charge in [-0.3, -0.25) is 4.99 Å². The highest BCUT2D eigenvalue weighted by atomic mass is 14.7. The van der Waals surface area contributed by atoms with Gasteiger partial charge in [0, 0.05) is 11.3 Å². The average Bonchev–Trinajstić information content (AvgIpc) is 2.38. The number of para-hydroxylation sites is 1. The summed E-state index contributed by atoms with van der Waals surface area (Å²) in [5.41, 5.74) is 3.94. The van der Waals surface area contributed by atoms with E-state index in [0.717, 1.165) is 22.5 Å². The molecule has 0 bridgehead atoms. The summed E-state index contributed by atoms with van der Waals surface area (Å²) in [6.45, 7) is 3.98. The molecule has 0 unspecified atom stereocenters. The van der Waals surface area contributed by atoms with Crippen molar-refractivity contribution < 1.29 is 0 Å². The number of hydrogen-bond acceptors (Lipinski definition) is 1. The molecular formula is C17H15N. The molecule has 0 heterocycles. The smallest absolute Gasteiger partial charge is 0.0785 e. The summed E-state index contributed by atoms with van der Waals surface area (Å²) in [6, 6.07) is 17.9. The molecule has 0 atom stereocenters. The summed E-state index contributed by atoms with van der Waals surface area (Å²) in [4.78, 5) is 4.49. The van der Waals surface area contributed by atoms with E-state index in [1.54, 1.807) is 0 Å². The molecule has 0 aliphatic rings. The molecule has 0 saturated heterocycles. The van der Waals surface area contributed by atoms with Crippen LogP contribution in [0.1, 0.15) is 25.0 Å². The third-order valence-corrected chi connectivity index (χ3v) is 2.36. The Balaban J connectivity index is 2.36. The van der Waals surface area contributed by atoms with Crippen LogP contribution in [0.5, 0.6) is 0 Å². The Morgan fingerprint density at radius 3 is 2.22 bits per heavy atom. The predicted molar refractivity (Wildman–Crippen MR) is 77.3 cm³/mol. The van der Waals surface area contributed by atoms with Crippen LogP contribution in [-0.2, 0) is 0 Å². The Kier molecular flexibility index (Phi) is 3.94. The molecule has 1 nitrogen and oxygen atoms in total. The van der Waals surface area contributed by atoms with Gasteiger partial charge in [-0.25, -0.2) is 0 Å². The summed E-state index contributed by atoms with van der Waals surface area (Å²) in [6.07, 6.45) is 0. The van der Waals surface area contributed by atoms with Crippen LogP contribution in [0, 0.1) is 11.8 Å². The minimum atomic E-state index is 0.931. The highest BCUT2D eigenvalue weighted by Gasteiger charge is 1.96. The Hall–Kier alpha value is -2.33. The molecule has 0 fully saturated rings. The van der Waals surface area contributed by atoms with E-state index in [9.17, 15) is 0 Å². The molecule has 88 valence electrons. The fraction of sp³-hybridized carbons (Fsp3) is 0.118. The van der Waals surface area contributed by atoms with E-state index in [1.807, 2.05) is 68.4 Å². The van der Waals surface area contributed by atoms with E-state index in [1.165, 1.54) is 0 Å². The Labute approximate surface area is 108 Å². The zero-order valence-corrected chi connectivity index (χ0v) is 10.6. The number of rotatable bonds is 1. The molecule has 0 saturated carbocycles. The summed E-state index contributed by atoms with van der Waals surface area (Å²) in [5.74, 6) is 6.33. The van der Waals surface area contributed by atoms with Gasteiger partial charge in [0.15, 0.2) is 0 Å². The van der Waals surface area contributed by atoms with Crippen LogP contribution in [0.4, 0.5) is 5.69 Å². The molecule has 0 spiro atoms. The standard InChI is InChI=1S/C17H15N/c1-14(2)18-17-11-7-6-10-16(17)13-12-15-8-4-3-5-9-15/h3-11H,1-2H3. The molecule has 18 heavy (non-hydrogen) atoms. The second kappa shape index (κ2) is 5.84. The number of hydrogen-bond donors (Lipinski definition) is 0. The van der Waals surface area contributed by atoms with Crippen LogP contribution < -0.4 is 0 Å². The SMILES string of the molecule is CC(C)=Nc1ccccc1C#Cc1ccccc1. The third-order valence-electron chi connectivity index (χ3n) is 2.36. The van der Waals surface area contributed by atoms with Crippen LogP contribution in [0.2, 0.25) is 0 Å². The van der Waals surface area contributed by atoms with Crippen molar-refractivity contribution in [1.82, 2.24) is 0 Å². The van der Waals surface area contributed by atoms with Gasteiger partial charge in [0.2, 0.25) is 0 Å². The topological polar surface area (TPSA) is 12.4 Å². The molecule has 2 aromatic rings. The maximum Gasteiger partial charge on any atom is 0.0785 e. The van der Waals surface area contributed by atoms with Crippen LogP contribution in [-0.4, -0.2) is 5.71 Å². The van der Waals surface area contributed by atoms with Crippen molar-refractivity contribution in [2.75, 3.05) is 0 Å². The lowest BCUT2D eigenvalue weighted by atomic mass is 10.1. The molecule has 0 aliphatic heterocycles. The average molecular weight is 233 g/mol. The molecule has 0 aromatic heterocycles. The first-order valence-electron chi connectivity index (χ1n) is 5.94. The second-order valence-corrected chi connectivity index (χ2v) is 4.19. The zero-order valence-electron chi connectivity index (χ0n) is 10.6. The van der Waals surface area contributed by atoms with Gasteiger partial charge in [0.1, 0.15) is 0 Å². The highest BCUT2D eigenvalue weighted by Crippen LogP contribution is 2.17. The molecule has 0 radical (unpaired) electrons. The van der Waals surface area contributed by atoms with Gasteiger partial charge in [-0.05, 0) is 38.1 Å². The van der Waals surface area contributed by atoms with E-state index < -0.39 is 0 Å². The third kappa shape index (κ3) is 3.33. The van der Waals surface area contributed by atoms with Gasteiger partial charge in [0.25, 0.3) is 0 Å². The maximum absolute atomic E-state index is 4.49. The second-order valence-electron chi connectivity index (χ2n) is 4.19. The minimum Gasteiger partial charge on any atom is -0.257 e. The predicted octanol–water partition coefficient (Wildman–Crippen LogP) is 4.20. The molecule has 2 aromatic carbocycles. The van der Waals surface area contributed by atoms with Crippen molar-refractivity contribution >= 4 is 11.4 Å². The van der Waals surface area contributed by atoms with Crippen LogP contribution in [0.25, 0.3) is 0 Å². The Morgan fingerprint density at radius 1 is 0.833 bits per heavy atom. The lowest BCUT2D eigenvalue weighted by Gasteiger charge is -1.98. The van der Waals surface area contributed by atoms with Crippen LogP contribution >= 0.6 is 0 Å². The van der Waals surface area contributed by atoms with E-state index in [2.05, 4.69) is 16.8 Å². The van der Waals surface area contributed by atoms with Gasteiger partial charge in [-0.1, -0.05) is 42.2 Å². The fourth-order valence-corrected chi connectivity index (χ4v) is 1.58. The van der Waals surface area contributed by atoms with Crippen molar-refractivity contribution in [3.8, 4) is 11.8 Å². The summed E-state index contributed by atoms with van der Waals surface area (Å²) < 4.78 is 0. The quantitative estimate of drug-likeness (QED) is 0.517. The largest absolute Gasteiger partial charge is 0.257 e. The summed E-state index contributed by atoms with van der Waals surface area (Å²) in [7, 11) is 0. The van der Waals surface area contributed by atoms with Crippen molar-refractivity contribution in [3.05, 3.63) is 65.7 Å². The van der Waals surface area contributed by atoms with E-state index in [4.69, 9.17) is 0 Å². The first-order chi connectivity index (χ1) is 8.75. The fourth-order valence-electron chi connectivity index (χ4n) is 1.58. The van der Waals surface area contributed by atoms with Gasteiger partial charge in [0.05, 0.1) is 11.3 Å². The van der Waals surface area contributed by atoms with E-state index in [0.29, 0.717) is 0 Å². The van der Waals surface area contributed by atoms with Gasteiger partial charge in [-0.15, -0.1) is 0 Å². The monoisotopic (exact) mass is 233 g/mol. The molecule has 1 heteroatoms. The summed E-state index contributed by atoms with van der Waals surface area (Å²) in [5, 5.41) is 0. The molecule has 0 aliphatic carbocycles. The Morgan fingerprint density at radius 2 is 1.50 bits per heavy atom. The molecular weight excluding hydrogens is 218 g/mol. The summed E-state index contributed by atoms with van der Waals surface area (Å²) >= 11 is 0. The Bertz CT molecular complexity index is 609. The van der Waals surface area contributed by atoms with Crippen molar-refractivity contribution in [1.29, 1.82) is 0 Å². The van der Waals surface area contributed by atoms with Crippen LogP contribution in [0.3, 0.4) is 0 Å². The minimum absolute atomic E-state index is 0.931. The lowest BCUT2D eigenvalue weighted by molar-refractivity contribution is 1.45. The van der Waals surface area contributed by atoms with Crippen molar-refractivity contribution in [2.45, 2.75) is 13.8 Å². The van der Waals surface area contributed by atoms with Gasteiger partial charge < -0.3 is 0 Å². The van der Waals surface area contributed by atoms with Crippen molar-refractivity contribution in [2.24, 2.45) is 4.99 Å². The maximum atomic E-state index is 4.49. The molecule has 0 N–H and O–H groups in total. The first-order valence-corrected chi connectivity index (χ1v) is 5.94. The van der Waals surface area contributed by atoms with E-state index in [-0.39, 0.29) is 0 Å². The number of benzene rings is 2. The van der Waals surface area contributed by atoms with E-state index >= 15 is 0 Å². The normalized spacial score (nSPS) is 9.22. The first kappa shape index (κ1) is 12.1. The highest BCUT2D eigenvalue weighted by molar-refractivity contribution is 5.83. The zero-order chi connectivity index (χ0) is 12.8. The van der Waals surface area contributed by atoms with Gasteiger partial charge >= 0.3 is 0 Å². The van der Waals surface area contributed by atoms with Crippen molar-refractivity contribution in [3.63, 3.8) is 0 Å². The molecule has 2 rings (SSSR count). The number of nitrogens with zero attached hydrogens (tertiary/aromatic N) is 1. The molecule has 0 amide bonds. The van der Waals surface area contributed by atoms with Gasteiger partial charge in [-0.2, -0.15) is 0 Å². The number of aliphatic imine (C=N–C) groups is 1. The lowest BCUT2D eigenvalue weighted by Crippen LogP contribution is -1.82.